The normalized spacial score (nSPS) is 11.0. The summed E-state index contributed by atoms with van der Waals surface area (Å²) in [6.07, 6.45) is 1.47. The van der Waals surface area contributed by atoms with Gasteiger partial charge >= 0.3 is 0 Å². The number of rotatable bonds is 7. The van der Waals surface area contributed by atoms with Gasteiger partial charge in [0.25, 0.3) is 5.91 Å². The first kappa shape index (κ1) is 20.0. The summed E-state index contributed by atoms with van der Waals surface area (Å²) >= 11 is 0. The quantitative estimate of drug-likeness (QED) is 0.424. The number of nitrogens with one attached hydrogen (secondary N) is 3. The van der Waals surface area contributed by atoms with E-state index in [-0.39, 0.29) is 11.7 Å². The Bertz CT molecular complexity index is 968. The Morgan fingerprint density at radius 1 is 1.00 bits per heavy atom. The monoisotopic (exact) mass is 392 g/mol. The fraction of sp³-hybridized carbons (Fsp3) is 0.182. The molecule has 3 rings (SSSR count). The fourth-order valence-corrected chi connectivity index (χ4v) is 2.73. The summed E-state index contributed by atoms with van der Waals surface area (Å²) in [6.45, 7) is 1.18. The molecule has 0 atom stereocenters. The molecule has 3 aromatic rings. The number of hydrogen-bond donors (Lipinski definition) is 3. The van der Waals surface area contributed by atoms with Gasteiger partial charge in [-0.25, -0.2) is 0 Å². The van der Waals surface area contributed by atoms with E-state index in [0.29, 0.717) is 24.7 Å². The van der Waals surface area contributed by atoms with E-state index in [1.807, 2.05) is 48.5 Å². The zero-order valence-electron chi connectivity index (χ0n) is 16.4. The summed E-state index contributed by atoms with van der Waals surface area (Å²) in [5.74, 6) is 1.49. The van der Waals surface area contributed by atoms with Crippen LogP contribution >= 0.6 is 0 Å². The van der Waals surface area contributed by atoms with Crippen molar-refractivity contribution in [3.8, 4) is 5.75 Å². The molecule has 1 aromatic heterocycles. The second kappa shape index (κ2) is 9.98. The number of benzene rings is 2. The average Bonchev–Trinajstić information content (AvgIpc) is 3.29. The Morgan fingerprint density at radius 3 is 2.38 bits per heavy atom. The number of guanidine groups is 1. The lowest BCUT2D eigenvalue weighted by molar-refractivity contribution is 0.0996. The Hall–Kier alpha value is -3.74. The Labute approximate surface area is 169 Å². The third kappa shape index (κ3) is 5.87. The maximum absolute atomic E-state index is 12.1. The lowest BCUT2D eigenvalue weighted by Gasteiger charge is -2.13. The molecule has 7 heteroatoms. The molecule has 0 radical (unpaired) electrons. The van der Waals surface area contributed by atoms with Crippen molar-refractivity contribution in [3.05, 3.63) is 83.8 Å². The molecular weight excluding hydrogens is 368 g/mol. The van der Waals surface area contributed by atoms with Gasteiger partial charge in [0.15, 0.2) is 11.7 Å². The topological polar surface area (TPSA) is 87.9 Å². The second-order valence-electron chi connectivity index (χ2n) is 6.26. The number of anilines is 1. The predicted octanol–water partition coefficient (Wildman–Crippen LogP) is 3.41. The minimum atomic E-state index is -0.282. The van der Waals surface area contributed by atoms with Crippen molar-refractivity contribution in [3.63, 3.8) is 0 Å². The molecule has 0 unspecified atom stereocenters. The van der Waals surface area contributed by atoms with E-state index < -0.39 is 0 Å². The van der Waals surface area contributed by atoms with Gasteiger partial charge in [-0.3, -0.25) is 9.79 Å². The number of furan rings is 1. The summed E-state index contributed by atoms with van der Waals surface area (Å²) in [6, 6.07) is 18.8. The maximum Gasteiger partial charge on any atom is 0.291 e. The van der Waals surface area contributed by atoms with Crippen LogP contribution in [-0.4, -0.2) is 26.0 Å². The molecule has 0 saturated carbocycles. The molecule has 7 nitrogen and oxygen atoms in total. The number of carbonyl (C=O) groups is 1. The fourth-order valence-electron chi connectivity index (χ4n) is 2.73. The number of ether oxygens (including phenoxy) is 1. The lowest BCUT2D eigenvalue weighted by Crippen LogP contribution is -2.36. The number of hydrogen-bond acceptors (Lipinski definition) is 4. The first-order chi connectivity index (χ1) is 14.2. The van der Waals surface area contributed by atoms with Crippen LogP contribution in [0.2, 0.25) is 0 Å². The summed E-state index contributed by atoms with van der Waals surface area (Å²) in [7, 11) is 3.37. The van der Waals surface area contributed by atoms with Crippen LogP contribution in [0, 0.1) is 0 Å². The molecule has 0 aliphatic rings. The van der Waals surface area contributed by atoms with Crippen molar-refractivity contribution in [2.24, 2.45) is 4.99 Å². The standard InChI is InChI=1S/C22H24N4O3/c1-23-22(25-15-17-7-4-9-19(13-17)28-2)24-14-16-6-3-8-18(12-16)26-21(27)20-10-5-11-29-20/h3-13H,14-15H2,1-2H3,(H,26,27)(H2,23,24,25). The minimum Gasteiger partial charge on any atom is -0.497 e. The van der Waals surface area contributed by atoms with Gasteiger partial charge in [-0.2, -0.15) is 0 Å². The van der Waals surface area contributed by atoms with Crippen LogP contribution in [0.25, 0.3) is 0 Å². The van der Waals surface area contributed by atoms with E-state index in [9.17, 15) is 4.79 Å². The van der Waals surface area contributed by atoms with Crippen LogP contribution in [0.5, 0.6) is 5.75 Å². The smallest absolute Gasteiger partial charge is 0.291 e. The van der Waals surface area contributed by atoms with Crippen molar-refractivity contribution in [1.82, 2.24) is 10.6 Å². The molecule has 0 fully saturated rings. The number of nitrogens with zero attached hydrogens (tertiary/aromatic N) is 1. The number of aliphatic imine (C=N–C) groups is 1. The number of carbonyl (C=O) groups excluding carboxylic acids is 1. The Kier molecular flexibility index (Phi) is 6.89. The van der Waals surface area contributed by atoms with E-state index in [4.69, 9.17) is 9.15 Å². The van der Waals surface area contributed by atoms with Crippen molar-refractivity contribution in [2.45, 2.75) is 13.1 Å². The first-order valence-electron chi connectivity index (χ1n) is 9.19. The number of methoxy groups -OCH3 is 1. The molecule has 0 spiro atoms. The summed E-state index contributed by atoms with van der Waals surface area (Å²) < 4.78 is 10.4. The summed E-state index contributed by atoms with van der Waals surface area (Å²) in [4.78, 5) is 16.4. The zero-order chi connectivity index (χ0) is 20.5. The molecule has 150 valence electrons. The predicted molar refractivity (Wildman–Crippen MR) is 113 cm³/mol. The summed E-state index contributed by atoms with van der Waals surface area (Å²) in [5.41, 5.74) is 2.80. The third-order valence-electron chi connectivity index (χ3n) is 4.21. The minimum absolute atomic E-state index is 0.274. The van der Waals surface area contributed by atoms with Gasteiger partial charge in [-0.1, -0.05) is 24.3 Å². The molecule has 0 aliphatic carbocycles. The van der Waals surface area contributed by atoms with E-state index in [0.717, 1.165) is 16.9 Å². The van der Waals surface area contributed by atoms with Gasteiger partial charge < -0.3 is 25.1 Å². The zero-order valence-corrected chi connectivity index (χ0v) is 16.4. The molecule has 1 heterocycles. The lowest BCUT2D eigenvalue weighted by atomic mass is 10.2. The van der Waals surface area contributed by atoms with Gasteiger partial charge in [-0.15, -0.1) is 0 Å². The SMILES string of the molecule is CN=C(NCc1cccc(NC(=O)c2ccco2)c1)NCc1cccc(OC)c1. The average molecular weight is 392 g/mol. The van der Waals surface area contributed by atoms with Gasteiger partial charge in [0.1, 0.15) is 5.75 Å². The highest BCUT2D eigenvalue weighted by atomic mass is 16.5. The molecule has 0 saturated heterocycles. The molecule has 1 amide bonds. The van der Waals surface area contributed by atoms with Crippen LogP contribution in [0.1, 0.15) is 21.7 Å². The second-order valence-corrected chi connectivity index (χ2v) is 6.26. The molecule has 0 aliphatic heterocycles. The van der Waals surface area contributed by atoms with Gasteiger partial charge in [-0.05, 0) is 47.5 Å². The highest BCUT2D eigenvalue weighted by molar-refractivity contribution is 6.02. The van der Waals surface area contributed by atoms with Crippen LogP contribution in [0.3, 0.4) is 0 Å². The number of amides is 1. The van der Waals surface area contributed by atoms with E-state index in [2.05, 4.69) is 20.9 Å². The van der Waals surface area contributed by atoms with Crippen LogP contribution < -0.4 is 20.7 Å². The highest BCUT2D eigenvalue weighted by Crippen LogP contribution is 2.13. The summed E-state index contributed by atoms with van der Waals surface area (Å²) in [5, 5.41) is 9.37. The van der Waals surface area contributed by atoms with Crippen LogP contribution in [0.4, 0.5) is 5.69 Å². The Morgan fingerprint density at radius 2 is 1.72 bits per heavy atom. The van der Waals surface area contributed by atoms with E-state index in [1.54, 1.807) is 26.3 Å². The maximum atomic E-state index is 12.1. The molecule has 29 heavy (non-hydrogen) atoms. The molecule has 2 aromatic carbocycles. The van der Waals surface area contributed by atoms with Crippen LogP contribution in [-0.2, 0) is 13.1 Å². The third-order valence-corrected chi connectivity index (χ3v) is 4.21. The van der Waals surface area contributed by atoms with Gasteiger partial charge in [0, 0.05) is 25.8 Å². The van der Waals surface area contributed by atoms with Crippen molar-refractivity contribution >= 4 is 17.6 Å². The largest absolute Gasteiger partial charge is 0.497 e. The van der Waals surface area contributed by atoms with Gasteiger partial charge in [0.05, 0.1) is 13.4 Å². The first-order valence-corrected chi connectivity index (χ1v) is 9.19. The Balaban J connectivity index is 1.53. The molecule has 0 bridgehead atoms. The highest BCUT2D eigenvalue weighted by Gasteiger charge is 2.09. The van der Waals surface area contributed by atoms with E-state index in [1.165, 1.54) is 6.26 Å². The molecular formula is C22H24N4O3. The van der Waals surface area contributed by atoms with E-state index >= 15 is 0 Å². The molecule has 3 N–H and O–H groups in total. The van der Waals surface area contributed by atoms with Crippen molar-refractivity contribution in [2.75, 3.05) is 19.5 Å². The van der Waals surface area contributed by atoms with Gasteiger partial charge in [0.2, 0.25) is 0 Å². The van der Waals surface area contributed by atoms with Crippen molar-refractivity contribution in [1.29, 1.82) is 0 Å². The van der Waals surface area contributed by atoms with Crippen molar-refractivity contribution < 1.29 is 13.9 Å². The van der Waals surface area contributed by atoms with Crippen LogP contribution in [0.15, 0.2) is 76.3 Å².